The Morgan fingerprint density at radius 2 is 1.71 bits per heavy atom. The highest BCUT2D eigenvalue weighted by atomic mass is 16.2. The van der Waals surface area contributed by atoms with Crippen molar-refractivity contribution in [3.63, 3.8) is 0 Å². The van der Waals surface area contributed by atoms with E-state index >= 15 is 0 Å². The molecule has 0 unspecified atom stereocenters. The molecule has 2 aromatic rings. The zero-order valence-corrected chi connectivity index (χ0v) is 8.83. The fourth-order valence-electron chi connectivity index (χ4n) is 1.92. The molecule has 0 N–H and O–H groups in total. The Labute approximate surface area is 97.2 Å². The van der Waals surface area contributed by atoms with Gasteiger partial charge in [0.1, 0.15) is 0 Å². The molecule has 0 radical (unpaired) electrons. The van der Waals surface area contributed by atoms with E-state index in [1.54, 1.807) is 24.4 Å². The zero-order valence-electron chi connectivity index (χ0n) is 8.83. The first kappa shape index (κ1) is 9.72. The normalized spacial score (nSPS) is 14.9. The van der Waals surface area contributed by atoms with Crippen molar-refractivity contribution in [3.8, 4) is 0 Å². The maximum absolute atomic E-state index is 11.6. The summed E-state index contributed by atoms with van der Waals surface area (Å²) in [6.45, 7) is 0. The zero-order chi connectivity index (χ0) is 11.8. The molecule has 0 atom stereocenters. The van der Waals surface area contributed by atoms with Crippen molar-refractivity contribution in [3.05, 3.63) is 48.7 Å². The number of hydrogen-bond donors (Lipinski definition) is 0. The molecule has 3 rings (SSSR count). The van der Waals surface area contributed by atoms with Crippen molar-refractivity contribution in [2.24, 2.45) is 0 Å². The summed E-state index contributed by atoms with van der Waals surface area (Å²) in [6, 6.07) is 8.99. The summed E-state index contributed by atoms with van der Waals surface area (Å²) >= 11 is 0. The molecule has 2 heterocycles. The third-order valence-corrected chi connectivity index (χ3v) is 2.67. The van der Waals surface area contributed by atoms with Crippen molar-refractivity contribution in [1.82, 2.24) is 4.98 Å². The highest BCUT2D eigenvalue weighted by Gasteiger charge is 2.26. The van der Waals surface area contributed by atoms with E-state index in [4.69, 9.17) is 0 Å². The molecule has 0 saturated carbocycles. The maximum atomic E-state index is 11.6. The van der Waals surface area contributed by atoms with E-state index in [1.165, 1.54) is 12.2 Å². The molecule has 1 aromatic carbocycles. The van der Waals surface area contributed by atoms with Crippen LogP contribution in [0.15, 0.2) is 48.7 Å². The fourth-order valence-corrected chi connectivity index (χ4v) is 1.92. The molecule has 4 nitrogen and oxygen atoms in total. The van der Waals surface area contributed by atoms with Crippen LogP contribution in [0, 0.1) is 0 Å². The van der Waals surface area contributed by atoms with Gasteiger partial charge in [0.15, 0.2) is 0 Å². The Morgan fingerprint density at radius 3 is 2.47 bits per heavy atom. The lowest BCUT2D eigenvalue weighted by molar-refractivity contribution is -0.119. The van der Waals surface area contributed by atoms with Crippen LogP contribution in [0.3, 0.4) is 0 Å². The van der Waals surface area contributed by atoms with E-state index < -0.39 is 0 Å². The number of benzene rings is 1. The summed E-state index contributed by atoms with van der Waals surface area (Å²) < 4.78 is 0. The predicted molar refractivity (Wildman–Crippen MR) is 63.4 cm³/mol. The van der Waals surface area contributed by atoms with Crippen LogP contribution >= 0.6 is 0 Å². The van der Waals surface area contributed by atoms with Gasteiger partial charge in [0.2, 0.25) is 0 Å². The van der Waals surface area contributed by atoms with Crippen molar-refractivity contribution in [2.75, 3.05) is 4.90 Å². The number of amides is 2. The number of aromatic nitrogens is 1. The summed E-state index contributed by atoms with van der Waals surface area (Å²) in [6.07, 6.45) is 4.23. The van der Waals surface area contributed by atoms with Crippen LogP contribution in [0.4, 0.5) is 5.69 Å². The number of imide groups is 1. The Bertz CT molecular complexity index is 638. The number of hydrogen-bond acceptors (Lipinski definition) is 3. The third-order valence-electron chi connectivity index (χ3n) is 2.67. The number of nitrogens with zero attached hydrogens (tertiary/aromatic N) is 2. The molecular formula is C13H8N2O2. The van der Waals surface area contributed by atoms with Gasteiger partial charge in [0.25, 0.3) is 11.8 Å². The summed E-state index contributed by atoms with van der Waals surface area (Å²) in [4.78, 5) is 28.6. The Balaban J connectivity index is 2.24. The van der Waals surface area contributed by atoms with Crippen LogP contribution in [0.1, 0.15) is 0 Å². The number of rotatable bonds is 1. The second-order valence-corrected chi connectivity index (χ2v) is 3.69. The topological polar surface area (TPSA) is 50.3 Å². The molecule has 2 amide bonds. The number of anilines is 1. The van der Waals surface area contributed by atoms with Gasteiger partial charge in [-0.3, -0.25) is 14.6 Å². The summed E-state index contributed by atoms with van der Waals surface area (Å²) in [7, 11) is 0. The molecule has 0 spiro atoms. The first-order valence-electron chi connectivity index (χ1n) is 5.17. The molecule has 82 valence electrons. The molecule has 0 saturated heterocycles. The molecule has 17 heavy (non-hydrogen) atoms. The maximum Gasteiger partial charge on any atom is 0.258 e. The third kappa shape index (κ3) is 1.42. The first-order chi connectivity index (χ1) is 8.27. The van der Waals surface area contributed by atoms with Gasteiger partial charge in [-0.2, -0.15) is 0 Å². The highest BCUT2D eigenvalue weighted by molar-refractivity contribution is 6.30. The number of carbonyl (C=O) groups excluding carboxylic acids is 2. The minimum absolute atomic E-state index is 0.314. The van der Waals surface area contributed by atoms with Gasteiger partial charge in [-0.25, -0.2) is 4.90 Å². The van der Waals surface area contributed by atoms with Crippen molar-refractivity contribution < 1.29 is 9.59 Å². The van der Waals surface area contributed by atoms with Crippen LogP contribution in [0.25, 0.3) is 10.9 Å². The summed E-state index contributed by atoms with van der Waals surface area (Å²) in [5, 5.41) is 0.792. The summed E-state index contributed by atoms with van der Waals surface area (Å²) in [5.41, 5.74) is 1.34. The van der Waals surface area contributed by atoms with Crippen molar-refractivity contribution in [2.45, 2.75) is 0 Å². The highest BCUT2D eigenvalue weighted by Crippen LogP contribution is 2.27. The van der Waals surface area contributed by atoms with E-state index in [0.29, 0.717) is 5.69 Å². The molecule has 1 aliphatic rings. The quantitative estimate of drug-likeness (QED) is 0.692. The molecule has 0 aliphatic carbocycles. The molecule has 1 aliphatic heterocycles. The molecule has 0 fully saturated rings. The van der Waals surface area contributed by atoms with Crippen LogP contribution in [0.2, 0.25) is 0 Å². The monoisotopic (exact) mass is 224 g/mol. The lowest BCUT2D eigenvalue weighted by Gasteiger charge is -2.15. The second-order valence-electron chi connectivity index (χ2n) is 3.69. The number of carbonyl (C=O) groups is 2. The average molecular weight is 224 g/mol. The van der Waals surface area contributed by atoms with Gasteiger partial charge >= 0.3 is 0 Å². The fraction of sp³-hybridized carbons (Fsp3) is 0. The van der Waals surface area contributed by atoms with Gasteiger partial charge < -0.3 is 0 Å². The minimum atomic E-state index is -0.314. The lowest BCUT2D eigenvalue weighted by atomic mass is 10.1. The Hall–Kier alpha value is -2.49. The van der Waals surface area contributed by atoms with Gasteiger partial charge in [0, 0.05) is 23.7 Å². The summed E-state index contributed by atoms with van der Waals surface area (Å²) in [5.74, 6) is -0.627. The van der Waals surface area contributed by atoms with E-state index in [2.05, 4.69) is 4.98 Å². The van der Waals surface area contributed by atoms with Gasteiger partial charge in [0.05, 0.1) is 11.2 Å². The van der Waals surface area contributed by atoms with Crippen LogP contribution in [-0.4, -0.2) is 16.8 Å². The van der Waals surface area contributed by atoms with E-state index in [9.17, 15) is 9.59 Å². The molecular weight excluding hydrogens is 216 g/mol. The Kier molecular flexibility index (Phi) is 2.01. The van der Waals surface area contributed by atoms with Gasteiger partial charge in [-0.1, -0.05) is 6.07 Å². The van der Waals surface area contributed by atoms with Crippen molar-refractivity contribution >= 4 is 28.4 Å². The van der Waals surface area contributed by atoms with E-state index in [-0.39, 0.29) is 11.8 Å². The smallest absolute Gasteiger partial charge is 0.258 e. The van der Waals surface area contributed by atoms with E-state index in [0.717, 1.165) is 15.8 Å². The molecule has 1 aromatic heterocycles. The first-order valence-corrected chi connectivity index (χ1v) is 5.17. The van der Waals surface area contributed by atoms with Crippen molar-refractivity contribution in [1.29, 1.82) is 0 Å². The molecule has 4 heteroatoms. The molecule has 0 bridgehead atoms. The average Bonchev–Trinajstić information content (AvgIpc) is 2.69. The standard InChI is InChI=1S/C13H8N2O2/c16-12-6-7-13(17)15(12)11-5-1-4-10-9(11)3-2-8-14-10/h1-8H. The SMILES string of the molecule is O=C1C=CC(=O)N1c1cccc2ncccc12. The van der Waals surface area contributed by atoms with Gasteiger partial charge in [-0.15, -0.1) is 0 Å². The number of fused-ring (bicyclic) bond motifs is 1. The van der Waals surface area contributed by atoms with E-state index in [1.807, 2.05) is 12.1 Å². The lowest BCUT2D eigenvalue weighted by Crippen LogP contribution is -2.29. The number of pyridine rings is 1. The van der Waals surface area contributed by atoms with Crippen LogP contribution < -0.4 is 4.90 Å². The minimum Gasteiger partial charge on any atom is -0.269 e. The largest absolute Gasteiger partial charge is 0.269 e. The van der Waals surface area contributed by atoms with Gasteiger partial charge in [-0.05, 0) is 24.3 Å². The van der Waals surface area contributed by atoms with Crippen LogP contribution in [-0.2, 0) is 9.59 Å². The Morgan fingerprint density at radius 1 is 0.941 bits per heavy atom. The van der Waals surface area contributed by atoms with Crippen LogP contribution in [0.5, 0.6) is 0 Å². The predicted octanol–water partition coefficient (Wildman–Crippen LogP) is 1.66. The second kappa shape index (κ2) is 3.52.